The highest BCUT2D eigenvalue weighted by Crippen LogP contribution is 2.37. The Bertz CT molecular complexity index is 1280. The van der Waals surface area contributed by atoms with Crippen LogP contribution in [0.4, 0.5) is 39.5 Å². The topological polar surface area (TPSA) is 98.4 Å². The van der Waals surface area contributed by atoms with Gasteiger partial charge in [0.05, 0.1) is 22.3 Å². The number of benzene rings is 3. The molecule has 4 aromatic rings. The highest BCUT2D eigenvalue weighted by Gasteiger charge is 2.31. The summed E-state index contributed by atoms with van der Waals surface area (Å²) in [4.78, 5) is 13.0. The second-order valence-corrected chi connectivity index (χ2v) is 6.64. The fraction of sp³-hybridized carbons (Fsp3) is 0.0476. The molecule has 4 rings (SSSR count). The van der Waals surface area contributed by atoms with Crippen LogP contribution >= 0.6 is 0 Å². The van der Waals surface area contributed by atoms with Crippen LogP contribution in [0.25, 0.3) is 22.1 Å². The highest BCUT2D eigenvalue weighted by atomic mass is 19.4. The van der Waals surface area contributed by atoms with Gasteiger partial charge in [-0.25, -0.2) is 9.18 Å². The van der Waals surface area contributed by atoms with Gasteiger partial charge in [-0.05, 0) is 47.5 Å². The summed E-state index contributed by atoms with van der Waals surface area (Å²) in [7, 11) is 0. The van der Waals surface area contributed by atoms with Crippen LogP contribution in [-0.2, 0) is 6.18 Å². The molecule has 0 bridgehead atoms. The van der Waals surface area contributed by atoms with Gasteiger partial charge in [-0.1, -0.05) is 29.4 Å². The van der Waals surface area contributed by atoms with Crippen molar-refractivity contribution in [1.29, 1.82) is 0 Å². The molecule has 0 unspecified atom stereocenters. The molecule has 0 saturated carbocycles. The van der Waals surface area contributed by atoms with E-state index in [1.54, 1.807) is 12.1 Å². The maximum atomic E-state index is 13.9. The number of alkyl halides is 3. The summed E-state index contributed by atoms with van der Waals surface area (Å²) >= 11 is 0. The molecule has 0 aliphatic heterocycles. The predicted molar refractivity (Wildman–Crippen MR) is 107 cm³/mol. The van der Waals surface area contributed by atoms with E-state index in [4.69, 9.17) is 16.0 Å². The number of carbonyl (C=O) groups is 1. The molecule has 0 aliphatic rings. The first-order valence-electron chi connectivity index (χ1n) is 8.87. The monoisotopic (exact) mass is 430 g/mol. The summed E-state index contributed by atoms with van der Waals surface area (Å²) < 4.78 is 58.0. The van der Waals surface area contributed by atoms with Gasteiger partial charge in [0.25, 0.3) is 0 Å². The van der Waals surface area contributed by atoms with Crippen LogP contribution in [0.3, 0.4) is 0 Å². The third-order valence-corrected chi connectivity index (χ3v) is 4.69. The molecule has 4 N–H and O–H groups in total. The SMILES string of the molecule is NC(=O)N(c1ccc(-c2ccc(F)c3onc(N)c23)cc1)c1cccc(C(F)(F)F)c1. The first-order valence-corrected chi connectivity index (χ1v) is 8.87. The summed E-state index contributed by atoms with van der Waals surface area (Å²) in [6.07, 6.45) is -4.57. The lowest BCUT2D eigenvalue weighted by atomic mass is 10.0. The van der Waals surface area contributed by atoms with Crippen molar-refractivity contribution in [2.45, 2.75) is 6.18 Å². The molecular formula is C21H14F4N4O2. The van der Waals surface area contributed by atoms with Crippen molar-refractivity contribution >= 4 is 34.2 Å². The van der Waals surface area contributed by atoms with Gasteiger partial charge < -0.3 is 16.0 Å². The number of nitrogens with two attached hydrogens (primary N) is 2. The number of aromatic nitrogens is 1. The van der Waals surface area contributed by atoms with Crippen molar-refractivity contribution in [3.8, 4) is 11.1 Å². The molecular weight excluding hydrogens is 416 g/mol. The van der Waals surface area contributed by atoms with Gasteiger partial charge in [-0.3, -0.25) is 4.90 Å². The summed E-state index contributed by atoms with van der Waals surface area (Å²) in [6.45, 7) is 0. The molecule has 1 aromatic heterocycles. The van der Waals surface area contributed by atoms with Crippen molar-refractivity contribution in [2.24, 2.45) is 5.73 Å². The van der Waals surface area contributed by atoms with Crippen molar-refractivity contribution in [2.75, 3.05) is 10.6 Å². The molecule has 0 radical (unpaired) electrons. The molecule has 6 nitrogen and oxygen atoms in total. The van der Waals surface area contributed by atoms with Crippen molar-refractivity contribution in [3.63, 3.8) is 0 Å². The van der Waals surface area contributed by atoms with Crippen LogP contribution in [-0.4, -0.2) is 11.2 Å². The van der Waals surface area contributed by atoms with Crippen LogP contribution in [0.2, 0.25) is 0 Å². The standard InChI is InChI=1S/C21H14F4N4O2/c22-16-9-8-15(17-18(16)31-28-19(17)26)11-4-6-13(7-5-11)29(20(27)30)14-3-1-2-12(10-14)21(23,24)25/h1-10H,(H2,26,28)(H2,27,30). The second-order valence-electron chi connectivity index (χ2n) is 6.64. The Balaban J connectivity index is 1.76. The lowest BCUT2D eigenvalue weighted by Gasteiger charge is -2.22. The number of amides is 2. The van der Waals surface area contributed by atoms with E-state index in [-0.39, 0.29) is 28.2 Å². The van der Waals surface area contributed by atoms with Gasteiger partial charge in [-0.15, -0.1) is 0 Å². The first kappa shape index (κ1) is 20.2. The van der Waals surface area contributed by atoms with Crippen LogP contribution in [0, 0.1) is 5.82 Å². The summed E-state index contributed by atoms with van der Waals surface area (Å²) in [5.41, 5.74) is 11.6. The molecule has 0 saturated heterocycles. The maximum Gasteiger partial charge on any atom is 0.416 e. The van der Waals surface area contributed by atoms with Gasteiger partial charge in [0.1, 0.15) is 0 Å². The van der Waals surface area contributed by atoms with Crippen LogP contribution in [0.1, 0.15) is 5.56 Å². The number of nitrogens with zero attached hydrogens (tertiary/aromatic N) is 2. The van der Waals surface area contributed by atoms with E-state index in [0.29, 0.717) is 11.1 Å². The average molecular weight is 430 g/mol. The number of anilines is 3. The Morgan fingerprint density at radius 3 is 2.35 bits per heavy atom. The molecule has 1 heterocycles. The maximum absolute atomic E-state index is 13.9. The zero-order chi connectivity index (χ0) is 22.3. The number of hydrogen-bond donors (Lipinski definition) is 2. The Morgan fingerprint density at radius 2 is 1.71 bits per heavy atom. The van der Waals surface area contributed by atoms with E-state index < -0.39 is 23.6 Å². The zero-order valence-electron chi connectivity index (χ0n) is 15.7. The van der Waals surface area contributed by atoms with E-state index in [9.17, 15) is 22.4 Å². The number of carbonyl (C=O) groups excluding carboxylic acids is 1. The van der Waals surface area contributed by atoms with E-state index in [1.807, 2.05) is 0 Å². The number of halogens is 4. The predicted octanol–water partition coefficient (Wildman–Crippen LogP) is 5.45. The average Bonchev–Trinajstić information content (AvgIpc) is 3.11. The lowest BCUT2D eigenvalue weighted by Crippen LogP contribution is -2.31. The van der Waals surface area contributed by atoms with Crippen LogP contribution < -0.4 is 16.4 Å². The van der Waals surface area contributed by atoms with E-state index in [0.717, 1.165) is 17.0 Å². The highest BCUT2D eigenvalue weighted by molar-refractivity contribution is 6.02. The van der Waals surface area contributed by atoms with E-state index >= 15 is 0 Å². The van der Waals surface area contributed by atoms with Crippen LogP contribution in [0.15, 0.2) is 65.2 Å². The van der Waals surface area contributed by atoms with Gasteiger partial charge in [0, 0.05) is 0 Å². The minimum absolute atomic E-state index is 0.0105. The van der Waals surface area contributed by atoms with Gasteiger partial charge in [0.2, 0.25) is 5.58 Å². The smallest absolute Gasteiger partial charge is 0.380 e. The molecule has 0 fully saturated rings. The third kappa shape index (κ3) is 3.63. The number of nitrogen functional groups attached to an aromatic ring is 1. The largest absolute Gasteiger partial charge is 0.416 e. The number of fused-ring (bicyclic) bond motifs is 1. The Hall–Kier alpha value is -4.08. The van der Waals surface area contributed by atoms with Crippen molar-refractivity contribution in [3.05, 3.63) is 72.0 Å². The Labute approximate surface area is 172 Å². The quantitative estimate of drug-likeness (QED) is 0.422. The van der Waals surface area contributed by atoms with E-state index in [2.05, 4.69) is 5.16 Å². The number of primary amides is 1. The third-order valence-electron chi connectivity index (χ3n) is 4.69. The molecule has 31 heavy (non-hydrogen) atoms. The van der Waals surface area contributed by atoms with E-state index in [1.165, 1.54) is 36.4 Å². The fourth-order valence-corrected chi connectivity index (χ4v) is 3.30. The Morgan fingerprint density at radius 1 is 1.00 bits per heavy atom. The lowest BCUT2D eigenvalue weighted by molar-refractivity contribution is -0.137. The number of hydrogen-bond acceptors (Lipinski definition) is 4. The van der Waals surface area contributed by atoms with Gasteiger partial charge in [-0.2, -0.15) is 13.2 Å². The van der Waals surface area contributed by atoms with Gasteiger partial charge >= 0.3 is 12.2 Å². The summed E-state index contributed by atoms with van der Waals surface area (Å²) in [5.74, 6) is -0.611. The number of urea groups is 1. The molecule has 0 atom stereocenters. The fourth-order valence-electron chi connectivity index (χ4n) is 3.30. The summed E-state index contributed by atoms with van der Waals surface area (Å²) in [6, 6.07) is 12.2. The minimum Gasteiger partial charge on any atom is -0.380 e. The normalized spacial score (nSPS) is 11.6. The van der Waals surface area contributed by atoms with Crippen molar-refractivity contribution in [1.82, 2.24) is 5.16 Å². The molecule has 0 spiro atoms. The zero-order valence-corrected chi connectivity index (χ0v) is 15.7. The van der Waals surface area contributed by atoms with Crippen molar-refractivity contribution < 1.29 is 26.9 Å². The van der Waals surface area contributed by atoms with Gasteiger partial charge in [0.15, 0.2) is 11.6 Å². The second kappa shape index (κ2) is 7.31. The number of rotatable bonds is 3. The minimum atomic E-state index is -4.57. The Kier molecular flexibility index (Phi) is 4.77. The molecule has 10 heteroatoms. The van der Waals surface area contributed by atoms with Crippen LogP contribution in [0.5, 0.6) is 0 Å². The molecule has 0 aliphatic carbocycles. The molecule has 2 amide bonds. The molecule has 158 valence electrons. The molecule has 3 aromatic carbocycles. The first-order chi connectivity index (χ1) is 14.7. The summed E-state index contributed by atoms with van der Waals surface area (Å²) in [5, 5.41) is 3.87.